The number of hydrogen-bond donors (Lipinski definition) is 2. The molecule has 108 valence electrons. The molecule has 0 radical (unpaired) electrons. The highest BCUT2D eigenvalue weighted by Crippen LogP contribution is 2.27. The van der Waals surface area contributed by atoms with Crippen LogP contribution in [0.3, 0.4) is 0 Å². The van der Waals surface area contributed by atoms with Crippen molar-refractivity contribution in [1.82, 2.24) is 15.2 Å². The van der Waals surface area contributed by atoms with Crippen LogP contribution in [0.4, 0.5) is 4.39 Å². The summed E-state index contributed by atoms with van der Waals surface area (Å²) in [6.07, 6.45) is 0.602. The third-order valence-electron chi connectivity index (χ3n) is 3.15. The van der Waals surface area contributed by atoms with Crippen LogP contribution in [-0.2, 0) is 13.5 Å². The first-order valence-electron chi connectivity index (χ1n) is 6.02. The van der Waals surface area contributed by atoms with Gasteiger partial charge in [0.05, 0.1) is 21.9 Å². The minimum Gasteiger partial charge on any atom is -0.271 e. The Morgan fingerprint density at radius 1 is 1.40 bits per heavy atom. The van der Waals surface area contributed by atoms with Crippen molar-refractivity contribution in [3.05, 3.63) is 49.9 Å². The Kier molecular flexibility index (Phi) is 4.95. The molecular formula is C13H15Br2FN4. The number of aromatic nitrogens is 2. The zero-order valence-corrected chi connectivity index (χ0v) is 14.3. The van der Waals surface area contributed by atoms with E-state index < -0.39 is 0 Å². The van der Waals surface area contributed by atoms with Gasteiger partial charge < -0.3 is 0 Å². The van der Waals surface area contributed by atoms with E-state index in [-0.39, 0.29) is 11.9 Å². The van der Waals surface area contributed by atoms with Crippen molar-refractivity contribution in [2.45, 2.75) is 19.4 Å². The van der Waals surface area contributed by atoms with E-state index in [1.807, 2.05) is 20.0 Å². The van der Waals surface area contributed by atoms with E-state index in [9.17, 15) is 4.39 Å². The second-order valence-electron chi connectivity index (χ2n) is 4.60. The van der Waals surface area contributed by atoms with Gasteiger partial charge in [-0.2, -0.15) is 5.10 Å². The van der Waals surface area contributed by atoms with Gasteiger partial charge in [-0.05, 0) is 46.6 Å². The topological polar surface area (TPSA) is 55.9 Å². The summed E-state index contributed by atoms with van der Waals surface area (Å²) in [5.41, 5.74) is 5.44. The van der Waals surface area contributed by atoms with Crippen molar-refractivity contribution < 1.29 is 4.39 Å². The van der Waals surface area contributed by atoms with Crippen molar-refractivity contribution in [2.75, 3.05) is 0 Å². The van der Waals surface area contributed by atoms with Crippen LogP contribution in [-0.4, -0.2) is 9.78 Å². The van der Waals surface area contributed by atoms with Crippen molar-refractivity contribution in [1.29, 1.82) is 0 Å². The largest absolute Gasteiger partial charge is 0.271 e. The highest BCUT2D eigenvalue weighted by Gasteiger charge is 2.18. The fourth-order valence-corrected chi connectivity index (χ4v) is 3.13. The Hall–Kier alpha value is -0.760. The minimum absolute atomic E-state index is 0.201. The molecule has 1 aromatic carbocycles. The lowest BCUT2D eigenvalue weighted by Gasteiger charge is -2.17. The number of nitrogens with zero attached hydrogens (tertiary/aromatic N) is 2. The summed E-state index contributed by atoms with van der Waals surface area (Å²) in [7, 11) is 1.88. The molecule has 1 atom stereocenters. The minimum atomic E-state index is -0.296. The van der Waals surface area contributed by atoms with Gasteiger partial charge in [0.2, 0.25) is 0 Å². The second-order valence-corrected chi connectivity index (χ2v) is 6.30. The van der Waals surface area contributed by atoms with E-state index in [4.69, 9.17) is 5.84 Å². The summed E-state index contributed by atoms with van der Waals surface area (Å²) in [5, 5.41) is 4.34. The zero-order chi connectivity index (χ0) is 14.9. The molecule has 2 aromatic rings. The molecule has 0 spiro atoms. The molecule has 0 saturated heterocycles. The maximum Gasteiger partial charge on any atom is 0.124 e. The summed E-state index contributed by atoms with van der Waals surface area (Å²) >= 11 is 6.82. The smallest absolute Gasteiger partial charge is 0.124 e. The Morgan fingerprint density at radius 2 is 2.10 bits per heavy atom. The van der Waals surface area contributed by atoms with Crippen LogP contribution in [0.2, 0.25) is 0 Å². The summed E-state index contributed by atoms with van der Waals surface area (Å²) in [6.45, 7) is 1.93. The number of nitrogens with one attached hydrogen (secondary N) is 1. The van der Waals surface area contributed by atoms with Gasteiger partial charge in [-0.15, -0.1) is 0 Å². The number of rotatable bonds is 4. The quantitative estimate of drug-likeness (QED) is 0.606. The average Bonchev–Trinajstić information content (AvgIpc) is 2.60. The van der Waals surface area contributed by atoms with E-state index in [0.29, 0.717) is 10.9 Å². The predicted octanol–water partition coefficient (Wildman–Crippen LogP) is 3.14. The van der Waals surface area contributed by atoms with Crippen LogP contribution < -0.4 is 11.3 Å². The third-order valence-corrected chi connectivity index (χ3v) is 4.64. The van der Waals surface area contributed by atoms with E-state index in [0.717, 1.165) is 21.4 Å². The molecule has 1 heterocycles. The van der Waals surface area contributed by atoms with Crippen LogP contribution >= 0.6 is 31.9 Å². The highest BCUT2D eigenvalue weighted by molar-refractivity contribution is 9.10. The van der Waals surface area contributed by atoms with Gasteiger partial charge in [0.15, 0.2) is 0 Å². The summed E-state index contributed by atoms with van der Waals surface area (Å²) < 4.78 is 16.9. The number of hydrogen-bond acceptors (Lipinski definition) is 3. The van der Waals surface area contributed by atoms with Crippen molar-refractivity contribution in [2.24, 2.45) is 12.9 Å². The molecule has 0 aliphatic heterocycles. The van der Waals surface area contributed by atoms with Crippen LogP contribution in [0.1, 0.15) is 23.0 Å². The van der Waals surface area contributed by atoms with Gasteiger partial charge in [0.25, 0.3) is 0 Å². The fourth-order valence-electron chi connectivity index (χ4n) is 2.14. The van der Waals surface area contributed by atoms with Gasteiger partial charge >= 0.3 is 0 Å². The van der Waals surface area contributed by atoms with Crippen LogP contribution in [0.5, 0.6) is 0 Å². The van der Waals surface area contributed by atoms with Crippen molar-refractivity contribution in [3.63, 3.8) is 0 Å². The molecular weight excluding hydrogens is 391 g/mol. The molecule has 0 aliphatic rings. The van der Waals surface area contributed by atoms with Crippen molar-refractivity contribution in [3.8, 4) is 0 Å². The monoisotopic (exact) mass is 404 g/mol. The molecule has 4 nitrogen and oxygen atoms in total. The molecule has 0 aliphatic carbocycles. The Bertz CT molecular complexity index is 607. The summed E-state index contributed by atoms with van der Waals surface area (Å²) in [5.74, 6) is 5.33. The summed E-state index contributed by atoms with van der Waals surface area (Å²) in [6, 6.07) is 4.55. The normalized spacial score (nSPS) is 12.7. The molecule has 0 saturated carbocycles. The molecule has 1 aromatic heterocycles. The number of nitrogens with two attached hydrogens (primary N) is 1. The van der Waals surface area contributed by atoms with E-state index in [1.54, 1.807) is 4.68 Å². The SMILES string of the molecule is Cc1nn(C)c(CC(NN)c2cc(F)cc(Br)c2)c1Br. The van der Waals surface area contributed by atoms with Gasteiger partial charge in [0.1, 0.15) is 5.82 Å². The molecule has 7 heteroatoms. The molecule has 0 amide bonds. The average molecular weight is 406 g/mol. The maximum absolute atomic E-state index is 13.5. The number of aryl methyl sites for hydroxylation is 2. The zero-order valence-electron chi connectivity index (χ0n) is 11.1. The molecule has 1 unspecified atom stereocenters. The second kappa shape index (κ2) is 6.34. The first kappa shape index (κ1) is 15.6. The van der Waals surface area contributed by atoms with Crippen molar-refractivity contribution >= 4 is 31.9 Å². The maximum atomic E-state index is 13.5. The number of hydrazine groups is 1. The van der Waals surface area contributed by atoms with E-state index in [2.05, 4.69) is 42.4 Å². The molecule has 0 bridgehead atoms. The Morgan fingerprint density at radius 3 is 2.60 bits per heavy atom. The van der Waals surface area contributed by atoms with E-state index >= 15 is 0 Å². The Balaban J connectivity index is 2.33. The van der Waals surface area contributed by atoms with Gasteiger partial charge in [-0.3, -0.25) is 16.0 Å². The number of halogens is 3. The Labute approximate surface area is 133 Å². The highest BCUT2D eigenvalue weighted by atomic mass is 79.9. The summed E-state index contributed by atoms with van der Waals surface area (Å²) in [4.78, 5) is 0. The van der Waals surface area contributed by atoms with Crippen LogP contribution in [0.15, 0.2) is 27.1 Å². The van der Waals surface area contributed by atoms with Crippen LogP contribution in [0.25, 0.3) is 0 Å². The third kappa shape index (κ3) is 3.28. The lowest BCUT2D eigenvalue weighted by atomic mass is 10.0. The van der Waals surface area contributed by atoms with Crippen LogP contribution in [0, 0.1) is 12.7 Å². The van der Waals surface area contributed by atoms with Gasteiger partial charge in [0, 0.05) is 17.9 Å². The molecule has 3 N–H and O–H groups in total. The lowest BCUT2D eigenvalue weighted by Crippen LogP contribution is -2.30. The molecule has 2 rings (SSSR count). The van der Waals surface area contributed by atoms with Gasteiger partial charge in [-0.1, -0.05) is 15.9 Å². The van der Waals surface area contributed by atoms with E-state index in [1.165, 1.54) is 12.1 Å². The predicted molar refractivity (Wildman–Crippen MR) is 83.5 cm³/mol. The first-order chi connectivity index (χ1) is 9.42. The number of benzene rings is 1. The van der Waals surface area contributed by atoms with Gasteiger partial charge in [-0.25, -0.2) is 4.39 Å². The standard InChI is InChI=1S/C13H15Br2FN4/c1-7-13(15)12(20(2)19-7)6-11(18-17)8-3-9(14)5-10(16)4-8/h3-5,11,18H,6,17H2,1-2H3. The first-order valence-corrected chi connectivity index (χ1v) is 7.61. The lowest BCUT2D eigenvalue weighted by molar-refractivity contribution is 0.523. The fraction of sp³-hybridized carbons (Fsp3) is 0.308. The molecule has 0 fully saturated rings. The molecule has 20 heavy (non-hydrogen) atoms.